The lowest BCUT2D eigenvalue weighted by Gasteiger charge is -2.08. The third kappa shape index (κ3) is 3.56. The summed E-state index contributed by atoms with van der Waals surface area (Å²) >= 11 is 1.52. The zero-order chi connectivity index (χ0) is 17.1. The van der Waals surface area contributed by atoms with Crippen LogP contribution in [0.2, 0.25) is 0 Å². The average Bonchev–Trinajstić information content (AvgIpc) is 3.31. The van der Waals surface area contributed by atoms with Gasteiger partial charge in [-0.15, -0.1) is 11.3 Å². The van der Waals surface area contributed by atoms with Crippen molar-refractivity contribution in [1.82, 2.24) is 4.98 Å². The number of fused-ring (bicyclic) bond motifs is 1. The van der Waals surface area contributed by atoms with Gasteiger partial charge in [0.15, 0.2) is 11.5 Å². The van der Waals surface area contributed by atoms with Gasteiger partial charge in [0.05, 0.1) is 11.2 Å². The zero-order valence-corrected chi connectivity index (χ0v) is 13.9. The Morgan fingerprint density at radius 2 is 2.12 bits per heavy atom. The third-order valence-corrected chi connectivity index (χ3v) is 4.23. The number of carbonyl (C=O) groups excluding carboxylic acids is 1. The first-order chi connectivity index (χ1) is 12.3. The topological polar surface area (TPSA) is 69.7 Å². The lowest BCUT2D eigenvalue weighted by Crippen LogP contribution is -2.12. The monoisotopic (exact) mass is 354 g/mol. The van der Waals surface area contributed by atoms with E-state index in [2.05, 4.69) is 10.3 Å². The van der Waals surface area contributed by atoms with Crippen molar-refractivity contribution < 1.29 is 19.0 Å². The molecule has 1 N–H and O–H groups in total. The van der Waals surface area contributed by atoms with E-state index in [1.807, 2.05) is 11.4 Å². The van der Waals surface area contributed by atoms with Gasteiger partial charge in [0.1, 0.15) is 12.4 Å². The van der Waals surface area contributed by atoms with E-state index < -0.39 is 0 Å². The molecule has 2 aromatic carbocycles. The summed E-state index contributed by atoms with van der Waals surface area (Å²) in [5, 5.41) is 4.77. The predicted octanol–water partition coefficient (Wildman–Crippen LogP) is 3.70. The number of hydrogen-bond donors (Lipinski definition) is 1. The molecule has 0 atom stereocenters. The number of carbonyl (C=O) groups is 1. The van der Waals surface area contributed by atoms with Gasteiger partial charge in [0.2, 0.25) is 6.79 Å². The normalized spacial score (nSPS) is 12.0. The molecule has 2 heterocycles. The maximum absolute atomic E-state index is 12.4. The summed E-state index contributed by atoms with van der Waals surface area (Å²) in [5.41, 5.74) is 3.77. The van der Waals surface area contributed by atoms with E-state index in [-0.39, 0.29) is 12.7 Å². The summed E-state index contributed by atoms with van der Waals surface area (Å²) < 4.78 is 16.3. The van der Waals surface area contributed by atoms with Gasteiger partial charge in [0, 0.05) is 22.7 Å². The van der Waals surface area contributed by atoms with Gasteiger partial charge < -0.3 is 19.5 Å². The highest BCUT2D eigenvalue weighted by Gasteiger charge is 2.15. The quantitative estimate of drug-likeness (QED) is 0.756. The molecule has 0 saturated heterocycles. The van der Waals surface area contributed by atoms with Crippen LogP contribution in [-0.2, 0) is 6.61 Å². The minimum atomic E-state index is -0.224. The number of nitrogens with zero attached hydrogens (tertiary/aromatic N) is 1. The second kappa shape index (κ2) is 6.82. The first kappa shape index (κ1) is 15.5. The summed E-state index contributed by atoms with van der Waals surface area (Å²) in [6.45, 7) is 0.571. The van der Waals surface area contributed by atoms with E-state index in [1.54, 1.807) is 41.9 Å². The number of anilines is 1. The number of amides is 1. The Labute approximate surface area is 148 Å². The maximum Gasteiger partial charge on any atom is 0.255 e. The highest BCUT2D eigenvalue weighted by atomic mass is 32.1. The number of ether oxygens (including phenoxy) is 3. The Hall–Kier alpha value is -3.06. The van der Waals surface area contributed by atoms with Crippen LogP contribution in [0.1, 0.15) is 16.1 Å². The number of aromatic nitrogens is 1. The number of nitrogens with one attached hydrogen (secondary N) is 1. The fourth-order valence-corrected chi connectivity index (χ4v) is 2.91. The zero-order valence-electron chi connectivity index (χ0n) is 13.1. The highest BCUT2D eigenvalue weighted by molar-refractivity contribution is 7.07. The van der Waals surface area contributed by atoms with Gasteiger partial charge in [0.25, 0.3) is 5.91 Å². The van der Waals surface area contributed by atoms with E-state index >= 15 is 0 Å². The van der Waals surface area contributed by atoms with Crippen molar-refractivity contribution in [3.63, 3.8) is 0 Å². The summed E-state index contributed by atoms with van der Waals surface area (Å²) in [6, 6.07) is 12.3. The lowest BCUT2D eigenvalue weighted by atomic mass is 10.2. The first-order valence-corrected chi connectivity index (χ1v) is 8.53. The number of hydrogen-bond acceptors (Lipinski definition) is 6. The second-order valence-electron chi connectivity index (χ2n) is 5.32. The molecule has 25 heavy (non-hydrogen) atoms. The molecule has 3 aromatic rings. The van der Waals surface area contributed by atoms with E-state index in [4.69, 9.17) is 14.2 Å². The van der Waals surface area contributed by atoms with Crippen molar-refractivity contribution in [3.8, 4) is 17.2 Å². The average molecular weight is 354 g/mol. The molecule has 0 unspecified atom stereocenters. The Morgan fingerprint density at radius 1 is 1.20 bits per heavy atom. The standard InChI is InChI=1S/C18H14N2O4S/c21-18(20-13-4-5-16-17(7-13)24-11-23-16)12-2-1-3-15(6-12)22-8-14-9-25-10-19-14/h1-7,9-10H,8,11H2,(H,20,21). The molecule has 126 valence electrons. The van der Waals surface area contributed by atoms with Crippen LogP contribution in [0.15, 0.2) is 53.4 Å². The van der Waals surface area contributed by atoms with Gasteiger partial charge in [-0.25, -0.2) is 4.98 Å². The molecule has 0 fully saturated rings. The maximum atomic E-state index is 12.4. The van der Waals surface area contributed by atoms with Crippen LogP contribution in [0.5, 0.6) is 17.2 Å². The smallest absolute Gasteiger partial charge is 0.255 e. The van der Waals surface area contributed by atoms with E-state index in [0.717, 1.165) is 5.69 Å². The molecule has 1 amide bonds. The molecule has 6 nitrogen and oxygen atoms in total. The van der Waals surface area contributed by atoms with Crippen molar-refractivity contribution in [2.24, 2.45) is 0 Å². The summed E-state index contributed by atoms with van der Waals surface area (Å²) in [6.07, 6.45) is 0. The summed E-state index contributed by atoms with van der Waals surface area (Å²) in [4.78, 5) is 16.6. The van der Waals surface area contributed by atoms with Crippen molar-refractivity contribution in [1.29, 1.82) is 0 Å². The molecule has 0 saturated carbocycles. The van der Waals surface area contributed by atoms with Crippen molar-refractivity contribution in [3.05, 3.63) is 64.6 Å². The molecule has 0 aliphatic carbocycles. The third-order valence-electron chi connectivity index (χ3n) is 3.60. The summed E-state index contributed by atoms with van der Waals surface area (Å²) in [7, 11) is 0. The Bertz CT molecular complexity index is 896. The molecular formula is C18H14N2O4S. The minimum Gasteiger partial charge on any atom is -0.487 e. The Balaban J connectivity index is 1.44. The van der Waals surface area contributed by atoms with E-state index in [9.17, 15) is 4.79 Å². The number of thiazole rings is 1. The van der Waals surface area contributed by atoms with Crippen LogP contribution >= 0.6 is 11.3 Å². The largest absolute Gasteiger partial charge is 0.487 e. The molecule has 1 aromatic heterocycles. The van der Waals surface area contributed by atoms with Crippen molar-refractivity contribution in [2.75, 3.05) is 12.1 Å². The number of rotatable bonds is 5. The van der Waals surface area contributed by atoms with Crippen LogP contribution in [-0.4, -0.2) is 17.7 Å². The lowest BCUT2D eigenvalue weighted by molar-refractivity contribution is 0.102. The second-order valence-corrected chi connectivity index (χ2v) is 6.04. The minimum absolute atomic E-state index is 0.200. The van der Waals surface area contributed by atoms with Crippen molar-refractivity contribution >= 4 is 22.9 Å². The molecule has 1 aliphatic rings. The Kier molecular flexibility index (Phi) is 4.22. The highest BCUT2D eigenvalue weighted by Crippen LogP contribution is 2.34. The fraction of sp³-hybridized carbons (Fsp3) is 0.111. The van der Waals surface area contributed by atoms with E-state index in [1.165, 1.54) is 11.3 Å². The number of benzene rings is 2. The van der Waals surface area contributed by atoms with Gasteiger partial charge in [-0.05, 0) is 30.3 Å². The van der Waals surface area contributed by atoms with Crippen LogP contribution in [0, 0.1) is 0 Å². The molecule has 0 bridgehead atoms. The van der Waals surface area contributed by atoms with E-state index in [0.29, 0.717) is 35.1 Å². The van der Waals surface area contributed by atoms with Gasteiger partial charge in [-0.3, -0.25) is 4.79 Å². The van der Waals surface area contributed by atoms with Crippen LogP contribution in [0.25, 0.3) is 0 Å². The first-order valence-electron chi connectivity index (χ1n) is 7.59. The molecule has 7 heteroatoms. The van der Waals surface area contributed by atoms with Crippen LogP contribution < -0.4 is 19.5 Å². The van der Waals surface area contributed by atoms with Crippen molar-refractivity contribution in [2.45, 2.75) is 6.61 Å². The van der Waals surface area contributed by atoms with Gasteiger partial charge >= 0.3 is 0 Å². The molecular weight excluding hydrogens is 340 g/mol. The SMILES string of the molecule is O=C(Nc1ccc2c(c1)OCO2)c1cccc(OCc2cscn2)c1. The molecule has 4 rings (SSSR count). The predicted molar refractivity (Wildman–Crippen MR) is 93.4 cm³/mol. The van der Waals surface area contributed by atoms with Gasteiger partial charge in [-0.2, -0.15) is 0 Å². The summed E-state index contributed by atoms with van der Waals surface area (Å²) in [5.74, 6) is 1.69. The molecule has 0 spiro atoms. The fourth-order valence-electron chi connectivity index (χ4n) is 2.37. The molecule has 1 aliphatic heterocycles. The Morgan fingerprint density at radius 3 is 3.00 bits per heavy atom. The van der Waals surface area contributed by atoms with Gasteiger partial charge in [-0.1, -0.05) is 6.07 Å². The van der Waals surface area contributed by atoms with Crippen LogP contribution in [0.3, 0.4) is 0 Å². The molecule has 0 radical (unpaired) electrons. The van der Waals surface area contributed by atoms with Crippen LogP contribution in [0.4, 0.5) is 5.69 Å².